The van der Waals surface area contributed by atoms with Gasteiger partial charge in [-0.05, 0) is 49.4 Å². The Kier molecular flexibility index (Phi) is 3.92. The van der Waals surface area contributed by atoms with Gasteiger partial charge in [0.05, 0.1) is 5.52 Å². The summed E-state index contributed by atoms with van der Waals surface area (Å²) in [6.45, 7) is 0. The van der Waals surface area contributed by atoms with E-state index in [1.807, 2.05) is 24.3 Å². The maximum absolute atomic E-state index is 11.2. The predicted molar refractivity (Wildman–Crippen MR) is 83.1 cm³/mol. The van der Waals surface area contributed by atoms with Gasteiger partial charge in [-0.2, -0.15) is 0 Å². The standard InChI is InChI=1S/C15H17ClN4O/c16-15-19-12-4-2-1-3-11(12)14(20-15)18-10-7-5-9(6-8-10)13(17)21/h1-4,9-10H,5-8H2,(H2,17,21)(H,18,19,20). The Labute approximate surface area is 127 Å². The smallest absolute Gasteiger partial charge is 0.224 e. The fourth-order valence-electron chi connectivity index (χ4n) is 2.87. The monoisotopic (exact) mass is 304 g/mol. The van der Waals surface area contributed by atoms with Crippen LogP contribution in [0.2, 0.25) is 5.28 Å². The lowest BCUT2D eigenvalue weighted by molar-refractivity contribution is -0.122. The third-order valence-electron chi connectivity index (χ3n) is 4.05. The summed E-state index contributed by atoms with van der Waals surface area (Å²) in [6.07, 6.45) is 3.46. The number of nitrogens with zero attached hydrogens (tertiary/aromatic N) is 2. The number of para-hydroxylation sites is 1. The lowest BCUT2D eigenvalue weighted by atomic mass is 9.85. The first-order valence-electron chi connectivity index (χ1n) is 7.11. The van der Waals surface area contributed by atoms with E-state index in [-0.39, 0.29) is 23.2 Å². The van der Waals surface area contributed by atoms with E-state index >= 15 is 0 Å². The fraction of sp³-hybridized carbons (Fsp3) is 0.400. The number of fused-ring (bicyclic) bond motifs is 1. The molecule has 2 aromatic rings. The average Bonchev–Trinajstić information content (AvgIpc) is 2.47. The second-order valence-corrected chi connectivity index (χ2v) is 5.79. The van der Waals surface area contributed by atoms with Crippen molar-refractivity contribution in [2.24, 2.45) is 11.7 Å². The molecular weight excluding hydrogens is 288 g/mol. The molecule has 1 amide bonds. The van der Waals surface area contributed by atoms with Gasteiger partial charge in [-0.15, -0.1) is 0 Å². The highest BCUT2D eigenvalue weighted by atomic mass is 35.5. The van der Waals surface area contributed by atoms with E-state index < -0.39 is 0 Å². The normalized spacial score (nSPS) is 22.1. The molecule has 110 valence electrons. The Hall–Kier alpha value is -1.88. The Balaban J connectivity index is 1.78. The highest BCUT2D eigenvalue weighted by Crippen LogP contribution is 2.28. The summed E-state index contributed by atoms with van der Waals surface area (Å²) < 4.78 is 0. The van der Waals surface area contributed by atoms with Crippen LogP contribution in [0.3, 0.4) is 0 Å². The van der Waals surface area contributed by atoms with Crippen molar-refractivity contribution in [3.8, 4) is 0 Å². The number of carbonyl (C=O) groups is 1. The van der Waals surface area contributed by atoms with Gasteiger partial charge in [-0.3, -0.25) is 4.79 Å². The number of halogens is 1. The number of benzene rings is 1. The summed E-state index contributed by atoms with van der Waals surface area (Å²) in [6, 6.07) is 8.05. The Bertz CT molecular complexity index is 668. The second-order valence-electron chi connectivity index (χ2n) is 5.45. The molecule has 5 nitrogen and oxygen atoms in total. The third-order valence-corrected chi connectivity index (χ3v) is 4.22. The van der Waals surface area contributed by atoms with Crippen LogP contribution in [-0.2, 0) is 4.79 Å². The van der Waals surface area contributed by atoms with E-state index in [1.54, 1.807) is 0 Å². The molecule has 1 aromatic heterocycles. The summed E-state index contributed by atoms with van der Waals surface area (Å²) in [5, 5.41) is 4.63. The molecule has 1 fully saturated rings. The van der Waals surface area contributed by atoms with Crippen molar-refractivity contribution in [1.82, 2.24) is 9.97 Å². The minimum atomic E-state index is -0.191. The van der Waals surface area contributed by atoms with Crippen molar-refractivity contribution in [1.29, 1.82) is 0 Å². The van der Waals surface area contributed by atoms with Crippen LogP contribution in [0.25, 0.3) is 10.9 Å². The van der Waals surface area contributed by atoms with Crippen molar-refractivity contribution in [2.75, 3.05) is 5.32 Å². The molecule has 1 saturated carbocycles. The van der Waals surface area contributed by atoms with Gasteiger partial charge in [0.15, 0.2) is 0 Å². The molecule has 1 aromatic carbocycles. The van der Waals surface area contributed by atoms with Gasteiger partial charge in [0, 0.05) is 17.3 Å². The van der Waals surface area contributed by atoms with Crippen molar-refractivity contribution < 1.29 is 4.79 Å². The topological polar surface area (TPSA) is 80.9 Å². The zero-order valence-electron chi connectivity index (χ0n) is 11.6. The largest absolute Gasteiger partial charge is 0.369 e. The molecular formula is C15H17ClN4O. The molecule has 6 heteroatoms. The van der Waals surface area contributed by atoms with Crippen LogP contribution in [0.15, 0.2) is 24.3 Å². The quantitative estimate of drug-likeness (QED) is 0.854. The van der Waals surface area contributed by atoms with Gasteiger partial charge in [0.25, 0.3) is 0 Å². The number of carbonyl (C=O) groups excluding carboxylic acids is 1. The number of primary amides is 1. The third kappa shape index (κ3) is 3.08. The molecule has 3 N–H and O–H groups in total. The Morgan fingerprint density at radius 1 is 1.19 bits per heavy atom. The number of amides is 1. The molecule has 0 atom stereocenters. The summed E-state index contributed by atoms with van der Waals surface area (Å²) in [5.41, 5.74) is 6.19. The van der Waals surface area contributed by atoms with Crippen molar-refractivity contribution >= 4 is 34.2 Å². The lowest BCUT2D eigenvalue weighted by Gasteiger charge is -2.28. The van der Waals surface area contributed by atoms with Crippen LogP contribution in [-0.4, -0.2) is 21.9 Å². The molecule has 3 rings (SSSR count). The van der Waals surface area contributed by atoms with E-state index in [2.05, 4.69) is 15.3 Å². The first-order chi connectivity index (χ1) is 10.1. The number of rotatable bonds is 3. The summed E-state index contributed by atoms with van der Waals surface area (Å²) >= 11 is 5.98. The number of nitrogens with one attached hydrogen (secondary N) is 1. The molecule has 1 aliphatic rings. The highest BCUT2D eigenvalue weighted by molar-refractivity contribution is 6.28. The molecule has 0 unspecified atom stereocenters. The van der Waals surface area contributed by atoms with Gasteiger partial charge in [-0.1, -0.05) is 12.1 Å². The lowest BCUT2D eigenvalue weighted by Crippen LogP contribution is -2.32. The molecule has 21 heavy (non-hydrogen) atoms. The summed E-state index contributed by atoms with van der Waals surface area (Å²) in [4.78, 5) is 19.7. The Morgan fingerprint density at radius 2 is 1.90 bits per heavy atom. The fourth-order valence-corrected chi connectivity index (χ4v) is 3.05. The summed E-state index contributed by atoms with van der Waals surface area (Å²) in [7, 11) is 0. The predicted octanol–water partition coefficient (Wildman–Crippen LogP) is 2.74. The van der Waals surface area contributed by atoms with Gasteiger partial charge >= 0.3 is 0 Å². The molecule has 0 radical (unpaired) electrons. The second kappa shape index (κ2) is 5.85. The molecule has 0 aliphatic heterocycles. The van der Waals surface area contributed by atoms with Crippen LogP contribution in [0.4, 0.5) is 5.82 Å². The number of nitrogens with two attached hydrogens (primary N) is 1. The number of hydrogen-bond donors (Lipinski definition) is 2. The van der Waals surface area contributed by atoms with Crippen molar-refractivity contribution in [3.63, 3.8) is 0 Å². The first kappa shape index (κ1) is 14.1. The summed E-state index contributed by atoms with van der Waals surface area (Å²) in [5.74, 6) is 0.575. The zero-order chi connectivity index (χ0) is 14.8. The minimum absolute atomic E-state index is 0.00813. The molecule has 1 aliphatic carbocycles. The van der Waals surface area contributed by atoms with E-state index in [1.165, 1.54) is 0 Å². The van der Waals surface area contributed by atoms with Gasteiger partial charge in [0.2, 0.25) is 11.2 Å². The Morgan fingerprint density at radius 3 is 2.62 bits per heavy atom. The van der Waals surface area contributed by atoms with Crippen LogP contribution >= 0.6 is 11.6 Å². The number of anilines is 1. The van der Waals surface area contributed by atoms with Gasteiger partial charge < -0.3 is 11.1 Å². The van der Waals surface area contributed by atoms with E-state index in [9.17, 15) is 4.79 Å². The maximum atomic E-state index is 11.2. The van der Waals surface area contributed by atoms with E-state index in [0.717, 1.165) is 42.4 Å². The minimum Gasteiger partial charge on any atom is -0.369 e. The zero-order valence-corrected chi connectivity index (χ0v) is 12.3. The maximum Gasteiger partial charge on any atom is 0.224 e. The first-order valence-corrected chi connectivity index (χ1v) is 7.49. The molecule has 0 spiro atoms. The molecule has 0 saturated heterocycles. The van der Waals surface area contributed by atoms with Crippen LogP contribution in [0.1, 0.15) is 25.7 Å². The van der Waals surface area contributed by atoms with Gasteiger partial charge in [-0.25, -0.2) is 9.97 Å². The van der Waals surface area contributed by atoms with Crippen LogP contribution < -0.4 is 11.1 Å². The number of hydrogen-bond acceptors (Lipinski definition) is 4. The highest BCUT2D eigenvalue weighted by Gasteiger charge is 2.25. The van der Waals surface area contributed by atoms with E-state index in [4.69, 9.17) is 17.3 Å². The average molecular weight is 305 g/mol. The SMILES string of the molecule is NC(=O)C1CCC(Nc2nc(Cl)nc3ccccc23)CC1. The van der Waals surface area contributed by atoms with Gasteiger partial charge in [0.1, 0.15) is 5.82 Å². The number of aromatic nitrogens is 2. The van der Waals surface area contributed by atoms with Crippen LogP contribution in [0, 0.1) is 5.92 Å². The van der Waals surface area contributed by atoms with Crippen molar-refractivity contribution in [3.05, 3.63) is 29.5 Å². The van der Waals surface area contributed by atoms with Crippen LogP contribution in [0.5, 0.6) is 0 Å². The van der Waals surface area contributed by atoms with Crippen molar-refractivity contribution in [2.45, 2.75) is 31.7 Å². The molecule has 1 heterocycles. The molecule has 0 bridgehead atoms. The van der Waals surface area contributed by atoms with E-state index in [0.29, 0.717) is 0 Å².